The van der Waals surface area contributed by atoms with Gasteiger partial charge in [-0.2, -0.15) is 0 Å². The number of aryl methyl sites for hydroxylation is 1. The third kappa shape index (κ3) is 7.08. The van der Waals surface area contributed by atoms with E-state index in [1.165, 1.54) is 0 Å². The van der Waals surface area contributed by atoms with Gasteiger partial charge in [-0.3, -0.25) is 4.79 Å². The molecule has 198 valence electrons. The normalized spacial score (nSPS) is 13.3. The van der Waals surface area contributed by atoms with Crippen LogP contribution in [0.25, 0.3) is 11.1 Å². The molecule has 3 aromatic rings. The molecule has 5 nitrogen and oxygen atoms in total. The third-order valence-electron chi connectivity index (χ3n) is 6.42. The number of rotatable bonds is 9. The van der Waals surface area contributed by atoms with E-state index in [9.17, 15) is 13.6 Å². The van der Waals surface area contributed by atoms with Crippen LogP contribution in [-0.4, -0.2) is 33.7 Å². The van der Waals surface area contributed by atoms with Crippen molar-refractivity contribution < 1.29 is 13.6 Å². The number of carbonyl (C=O) groups excluding carboxylic acids is 1. The van der Waals surface area contributed by atoms with Gasteiger partial charge in [0.2, 0.25) is 5.91 Å². The fraction of sp³-hybridized carbons (Fsp3) is 0.367. The van der Waals surface area contributed by atoms with E-state index >= 15 is 0 Å². The van der Waals surface area contributed by atoms with Gasteiger partial charge in [-0.1, -0.05) is 75.7 Å². The number of carbonyl (C=O) groups is 1. The number of amides is 1. The van der Waals surface area contributed by atoms with Crippen molar-refractivity contribution >= 4 is 34.3 Å². The standard InChI is InChI=1S/C30H37ClN2O3S/c1-18(2)25-14-23(22-11-8-20(5)27(31)16-22)15-26(19(3)4)28(25)29(37(35)36)30(34)32-24-12-9-21(10-13-24)17-33(6)7/h8-16,18-19,29H,17H2,1-7H3,(H,32,34)(H,35,36). The molecule has 0 fully saturated rings. The van der Waals surface area contributed by atoms with Crippen molar-refractivity contribution in [1.82, 2.24) is 4.90 Å². The van der Waals surface area contributed by atoms with Crippen LogP contribution in [0.4, 0.5) is 5.69 Å². The Hall–Kier alpha value is -2.51. The summed E-state index contributed by atoms with van der Waals surface area (Å²) in [4.78, 5) is 15.6. The predicted octanol–water partition coefficient (Wildman–Crippen LogP) is 7.53. The van der Waals surface area contributed by atoms with Crippen LogP contribution in [-0.2, 0) is 22.4 Å². The van der Waals surface area contributed by atoms with Crippen molar-refractivity contribution in [2.75, 3.05) is 19.4 Å². The molecule has 0 bridgehead atoms. The zero-order valence-corrected chi connectivity index (χ0v) is 24.2. The van der Waals surface area contributed by atoms with Gasteiger partial charge in [0.15, 0.2) is 16.3 Å². The minimum Gasteiger partial charge on any atom is -0.325 e. The molecule has 37 heavy (non-hydrogen) atoms. The van der Waals surface area contributed by atoms with Crippen LogP contribution in [0, 0.1) is 6.92 Å². The molecule has 2 N–H and O–H groups in total. The number of benzene rings is 3. The summed E-state index contributed by atoms with van der Waals surface area (Å²) in [5.74, 6) is -0.453. The summed E-state index contributed by atoms with van der Waals surface area (Å²) in [5.41, 5.74) is 7.01. The summed E-state index contributed by atoms with van der Waals surface area (Å²) in [5, 5.41) is 2.33. The highest BCUT2D eigenvalue weighted by Crippen LogP contribution is 2.39. The fourth-order valence-electron chi connectivity index (χ4n) is 4.49. The summed E-state index contributed by atoms with van der Waals surface area (Å²) in [6.07, 6.45) is 0. The number of anilines is 1. The fourth-order valence-corrected chi connectivity index (χ4v) is 5.38. The van der Waals surface area contributed by atoms with Gasteiger partial charge in [0.05, 0.1) is 0 Å². The van der Waals surface area contributed by atoms with E-state index in [1.54, 1.807) is 0 Å². The maximum absolute atomic E-state index is 13.5. The highest BCUT2D eigenvalue weighted by atomic mass is 35.5. The van der Waals surface area contributed by atoms with Gasteiger partial charge in [0.25, 0.3) is 0 Å². The first-order chi connectivity index (χ1) is 17.4. The van der Waals surface area contributed by atoms with Crippen LogP contribution < -0.4 is 5.32 Å². The Morgan fingerprint density at radius 3 is 1.97 bits per heavy atom. The minimum atomic E-state index is -2.42. The Bertz CT molecular complexity index is 1260. The maximum Gasteiger partial charge on any atom is 0.247 e. The Balaban J connectivity index is 2.09. The van der Waals surface area contributed by atoms with Crippen molar-refractivity contribution in [1.29, 1.82) is 0 Å². The van der Waals surface area contributed by atoms with Gasteiger partial charge in [-0.05, 0) is 90.0 Å². The molecule has 2 atom stereocenters. The van der Waals surface area contributed by atoms with E-state index in [4.69, 9.17) is 11.6 Å². The lowest BCUT2D eigenvalue weighted by Gasteiger charge is -2.26. The molecule has 3 aromatic carbocycles. The van der Waals surface area contributed by atoms with E-state index in [0.29, 0.717) is 16.3 Å². The lowest BCUT2D eigenvalue weighted by atomic mass is 9.83. The Kier molecular flexibility index (Phi) is 9.70. The molecule has 0 aliphatic heterocycles. The monoisotopic (exact) mass is 540 g/mol. The van der Waals surface area contributed by atoms with Crippen LogP contribution in [0.5, 0.6) is 0 Å². The first-order valence-electron chi connectivity index (χ1n) is 12.5. The molecule has 0 aromatic heterocycles. The molecule has 7 heteroatoms. The Morgan fingerprint density at radius 1 is 0.946 bits per heavy atom. The molecule has 3 rings (SSSR count). The average Bonchev–Trinajstić information content (AvgIpc) is 2.81. The first kappa shape index (κ1) is 29.1. The zero-order chi connectivity index (χ0) is 27.4. The highest BCUT2D eigenvalue weighted by molar-refractivity contribution is 7.80. The van der Waals surface area contributed by atoms with E-state index in [-0.39, 0.29) is 11.8 Å². The van der Waals surface area contributed by atoms with Gasteiger partial charge in [0, 0.05) is 17.3 Å². The maximum atomic E-state index is 13.5. The molecule has 0 saturated heterocycles. The van der Waals surface area contributed by atoms with Gasteiger partial charge in [0.1, 0.15) is 0 Å². The Morgan fingerprint density at radius 2 is 1.51 bits per heavy atom. The molecule has 1 amide bonds. The van der Waals surface area contributed by atoms with Crippen molar-refractivity contribution in [2.24, 2.45) is 0 Å². The van der Waals surface area contributed by atoms with Gasteiger partial charge < -0.3 is 14.8 Å². The SMILES string of the molecule is Cc1ccc(-c2cc(C(C)C)c(C(C(=O)Nc3ccc(CN(C)C)cc3)S(=O)O)c(C(C)C)c2)cc1Cl. The molecule has 0 saturated carbocycles. The molecule has 0 aliphatic carbocycles. The van der Waals surface area contributed by atoms with Crippen LogP contribution >= 0.6 is 11.6 Å². The van der Waals surface area contributed by atoms with Crippen molar-refractivity contribution in [2.45, 2.75) is 58.2 Å². The highest BCUT2D eigenvalue weighted by Gasteiger charge is 2.33. The number of hydrogen-bond acceptors (Lipinski definition) is 3. The lowest BCUT2D eigenvalue weighted by Crippen LogP contribution is -2.27. The zero-order valence-electron chi connectivity index (χ0n) is 22.6. The number of nitrogens with zero attached hydrogens (tertiary/aromatic N) is 1. The van der Waals surface area contributed by atoms with Gasteiger partial charge >= 0.3 is 0 Å². The molecule has 0 spiro atoms. The molecule has 0 heterocycles. The van der Waals surface area contributed by atoms with Crippen LogP contribution in [0.1, 0.15) is 72.6 Å². The molecule has 0 radical (unpaired) electrons. The summed E-state index contributed by atoms with van der Waals surface area (Å²) in [6.45, 7) is 10.9. The number of nitrogens with one attached hydrogen (secondary N) is 1. The van der Waals surface area contributed by atoms with E-state index in [0.717, 1.165) is 39.9 Å². The van der Waals surface area contributed by atoms with Crippen LogP contribution in [0.15, 0.2) is 54.6 Å². The predicted molar refractivity (Wildman–Crippen MR) is 156 cm³/mol. The smallest absolute Gasteiger partial charge is 0.247 e. The molecule has 2 unspecified atom stereocenters. The second-order valence-corrected chi connectivity index (χ2v) is 11.9. The van der Waals surface area contributed by atoms with Gasteiger partial charge in [-0.15, -0.1) is 0 Å². The Labute approximate surface area is 228 Å². The molecule has 0 aliphatic rings. The average molecular weight is 541 g/mol. The molecular weight excluding hydrogens is 504 g/mol. The van der Waals surface area contributed by atoms with E-state index in [2.05, 4.69) is 10.2 Å². The van der Waals surface area contributed by atoms with Crippen molar-refractivity contribution in [3.63, 3.8) is 0 Å². The quantitative estimate of drug-likeness (QED) is 0.275. The van der Waals surface area contributed by atoms with Crippen molar-refractivity contribution in [3.8, 4) is 11.1 Å². The topological polar surface area (TPSA) is 69.6 Å². The second-order valence-electron chi connectivity index (χ2n) is 10.4. The van der Waals surface area contributed by atoms with E-state index in [1.807, 2.05) is 103 Å². The largest absolute Gasteiger partial charge is 0.325 e. The molecular formula is C30H37ClN2O3S. The summed E-state index contributed by atoms with van der Waals surface area (Å²) in [6, 6.07) is 17.5. The summed E-state index contributed by atoms with van der Waals surface area (Å²) in [7, 11) is 3.99. The number of halogens is 1. The lowest BCUT2D eigenvalue weighted by molar-refractivity contribution is -0.116. The minimum absolute atomic E-state index is 0.0255. The van der Waals surface area contributed by atoms with Crippen molar-refractivity contribution in [3.05, 3.63) is 87.4 Å². The second kappa shape index (κ2) is 12.4. The van der Waals surface area contributed by atoms with Gasteiger partial charge in [-0.25, -0.2) is 4.21 Å². The first-order valence-corrected chi connectivity index (χ1v) is 14.0. The third-order valence-corrected chi connectivity index (χ3v) is 7.68. The summed E-state index contributed by atoms with van der Waals surface area (Å²) < 4.78 is 23.1. The van der Waals surface area contributed by atoms with Crippen LogP contribution in [0.2, 0.25) is 5.02 Å². The number of hydrogen-bond donors (Lipinski definition) is 2. The van der Waals surface area contributed by atoms with E-state index < -0.39 is 22.2 Å². The van der Waals surface area contributed by atoms with Crippen LogP contribution in [0.3, 0.4) is 0 Å². The summed E-state index contributed by atoms with van der Waals surface area (Å²) >= 11 is 3.99.